The lowest BCUT2D eigenvalue weighted by atomic mass is 9.99. The van der Waals surface area contributed by atoms with Gasteiger partial charge < -0.3 is 14.3 Å². The van der Waals surface area contributed by atoms with E-state index in [2.05, 4.69) is 13.8 Å². The Morgan fingerprint density at radius 1 is 1.38 bits per heavy atom. The Morgan fingerprint density at radius 3 is 2.46 bits per heavy atom. The number of ether oxygens (including phenoxy) is 2. The fourth-order valence-electron chi connectivity index (χ4n) is 1.76. The molecular weight excluding hydrogens is 168 g/mol. The lowest BCUT2D eigenvalue weighted by molar-refractivity contribution is -0.173. The van der Waals surface area contributed by atoms with Gasteiger partial charge in [0.25, 0.3) is 0 Å². The van der Waals surface area contributed by atoms with Crippen molar-refractivity contribution in [2.45, 2.75) is 38.9 Å². The monoisotopic (exact) mass is 186 g/mol. The van der Waals surface area contributed by atoms with Crippen molar-refractivity contribution in [3.8, 4) is 0 Å². The van der Waals surface area contributed by atoms with Crippen molar-refractivity contribution in [2.24, 2.45) is 5.92 Å². The Kier molecular flexibility index (Phi) is 3.88. The lowest BCUT2D eigenvalue weighted by Gasteiger charge is -2.28. The van der Waals surface area contributed by atoms with Crippen molar-refractivity contribution in [1.29, 1.82) is 0 Å². The van der Waals surface area contributed by atoms with E-state index in [1.54, 1.807) is 0 Å². The molecule has 0 radical (unpaired) electrons. The van der Waals surface area contributed by atoms with E-state index in [4.69, 9.17) is 9.47 Å². The second-order valence-corrected chi connectivity index (χ2v) is 3.91. The van der Waals surface area contributed by atoms with Crippen molar-refractivity contribution in [1.82, 2.24) is 0 Å². The van der Waals surface area contributed by atoms with Crippen LogP contribution in [-0.2, 0) is 14.3 Å². The maximum absolute atomic E-state index is 10.3. The van der Waals surface area contributed by atoms with Gasteiger partial charge in [-0.05, 0) is 5.92 Å². The highest BCUT2D eigenvalue weighted by Crippen LogP contribution is 2.31. The quantitative estimate of drug-likeness (QED) is 0.614. The third-order valence-electron chi connectivity index (χ3n) is 2.18. The van der Waals surface area contributed by atoms with Gasteiger partial charge in [-0.3, -0.25) is 0 Å². The zero-order valence-electron chi connectivity index (χ0n) is 8.41. The van der Waals surface area contributed by atoms with Gasteiger partial charge in [-0.25, -0.2) is 0 Å². The molecule has 0 spiro atoms. The first-order valence-electron chi connectivity index (χ1n) is 4.90. The Balaban J connectivity index is 2.47. The summed E-state index contributed by atoms with van der Waals surface area (Å²) in [6.45, 7) is 5.58. The molecule has 1 rings (SSSR count). The van der Waals surface area contributed by atoms with Crippen molar-refractivity contribution in [2.75, 3.05) is 13.2 Å². The van der Waals surface area contributed by atoms with E-state index in [0.717, 1.165) is 12.7 Å². The number of aldehydes is 1. The molecule has 1 heterocycles. The predicted octanol–water partition coefficient (Wildman–Crippen LogP) is 1.75. The molecule has 1 aliphatic heterocycles. The minimum Gasteiger partial charge on any atom is -0.348 e. The summed E-state index contributed by atoms with van der Waals surface area (Å²) in [5, 5.41) is 0. The number of rotatable bonds is 5. The summed E-state index contributed by atoms with van der Waals surface area (Å²) in [5.74, 6) is 0.0690. The molecule has 3 nitrogen and oxygen atoms in total. The van der Waals surface area contributed by atoms with Crippen LogP contribution in [0.3, 0.4) is 0 Å². The van der Waals surface area contributed by atoms with Crippen LogP contribution in [0.4, 0.5) is 0 Å². The number of hydrogen-bond donors (Lipinski definition) is 0. The van der Waals surface area contributed by atoms with Crippen molar-refractivity contribution in [3.05, 3.63) is 0 Å². The summed E-state index contributed by atoms with van der Waals surface area (Å²) in [5.41, 5.74) is 0. The predicted molar refractivity (Wildman–Crippen MR) is 49.4 cm³/mol. The second-order valence-electron chi connectivity index (χ2n) is 3.91. The molecule has 0 aromatic carbocycles. The molecule has 0 aromatic rings. The highest BCUT2D eigenvalue weighted by atomic mass is 16.7. The summed E-state index contributed by atoms with van der Waals surface area (Å²) in [7, 11) is 0. The molecule has 0 saturated carbocycles. The van der Waals surface area contributed by atoms with Crippen LogP contribution < -0.4 is 0 Å². The van der Waals surface area contributed by atoms with E-state index in [0.29, 0.717) is 32.0 Å². The normalized spacial score (nSPS) is 20.8. The van der Waals surface area contributed by atoms with Crippen LogP contribution in [0.25, 0.3) is 0 Å². The van der Waals surface area contributed by atoms with Crippen LogP contribution in [0.15, 0.2) is 0 Å². The molecule has 76 valence electrons. The Bertz CT molecular complexity index is 160. The first-order valence-corrected chi connectivity index (χ1v) is 4.90. The lowest BCUT2D eigenvalue weighted by Crippen LogP contribution is -2.32. The van der Waals surface area contributed by atoms with Crippen LogP contribution >= 0.6 is 0 Å². The van der Waals surface area contributed by atoms with Crippen molar-refractivity contribution in [3.63, 3.8) is 0 Å². The second kappa shape index (κ2) is 4.72. The topological polar surface area (TPSA) is 35.5 Å². The van der Waals surface area contributed by atoms with Crippen molar-refractivity contribution < 1.29 is 14.3 Å². The highest BCUT2D eigenvalue weighted by Gasteiger charge is 2.36. The third-order valence-corrected chi connectivity index (χ3v) is 2.18. The molecule has 0 amide bonds. The molecule has 0 atom stereocenters. The van der Waals surface area contributed by atoms with Gasteiger partial charge in [-0.2, -0.15) is 0 Å². The van der Waals surface area contributed by atoms with E-state index in [1.165, 1.54) is 0 Å². The zero-order valence-corrected chi connectivity index (χ0v) is 8.41. The molecule has 0 aromatic heterocycles. The molecular formula is C10H18O3. The Morgan fingerprint density at radius 2 is 2.00 bits per heavy atom. The molecule has 0 aliphatic carbocycles. The van der Waals surface area contributed by atoms with Gasteiger partial charge in [-0.1, -0.05) is 13.8 Å². The Hall–Kier alpha value is -0.410. The van der Waals surface area contributed by atoms with Gasteiger partial charge in [0.15, 0.2) is 5.79 Å². The van der Waals surface area contributed by atoms with Gasteiger partial charge in [0.2, 0.25) is 0 Å². The van der Waals surface area contributed by atoms with Crippen LogP contribution in [0.1, 0.15) is 33.1 Å². The first-order chi connectivity index (χ1) is 6.18. The summed E-state index contributed by atoms with van der Waals surface area (Å²) < 4.78 is 11.1. The Labute approximate surface area is 79.4 Å². The molecule has 1 fully saturated rings. The van der Waals surface area contributed by atoms with E-state index >= 15 is 0 Å². The molecule has 1 aliphatic rings. The van der Waals surface area contributed by atoms with Crippen LogP contribution in [0.2, 0.25) is 0 Å². The minimum atomic E-state index is -0.463. The number of carbonyl (C=O) groups excluding carboxylic acids is 1. The number of hydrogen-bond acceptors (Lipinski definition) is 3. The van der Waals surface area contributed by atoms with E-state index in [9.17, 15) is 4.79 Å². The average Bonchev–Trinajstić information content (AvgIpc) is 2.49. The maximum Gasteiger partial charge on any atom is 0.169 e. The fraction of sp³-hybridized carbons (Fsp3) is 0.900. The maximum atomic E-state index is 10.3. The molecule has 0 unspecified atom stereocenters. The summed E-state index contributed by atoms with van der Waals surface area (Å²) in [4.78, 5) is 10.3. The average molecular weight is 186 g/mol. The summed E-state index contributed by atoms with van der Waals surface area (Å²) in [6, 6.07) is 0. The van der Waals surface area contributed by atoms with Crippen LogP contribution in [0, 0.1) is 5.92 Å². The molecule has 0 N–H and O–H groups in total. The SMILES string of the molecule is CC(C)CC1(CCC=O)OCCO1. The number of carbonyl (C=O) groups is 1. The van der Waals surface area contributed by atoms with Gasteiger partial charge >= 0.3 is 0 Å². The molecule has 13 heavy (non-hydrogen) atoms. The zero-order chi connectivity index (χ0) is 9.73. The van der Waals surface area contributed by atoms with Gasteiger partial charge in [0.05, 0.1) is 13.2 Å². The third kappa shape index (κ3) is 3.08. The van der Waals surface area contributed by atoms with Crippen molar-refractivity contribution >= 4 is 6.29 Å². The molecule has 0 bridgehead atoms. The van der Waals surface area contributed by atoms with Crippen LogP contribution in [0.5, 0.6) is 0 Å². The highest BCUT2D eigenvalue weighted by molar-refractivity contribution is 5.49. The van der Waals surface area contributed by atoms with Gasteiger partial charge in [0, 0.05) is 19.3 Å². The summed E-state index contributed by atoms with van der Waals surface area (Å²) in [6.07, 6.45) is 3.01. The van der Waals surface area contributed by atoms with Gasteiger partial charge in [-0.15, -0.1) is 0 Å². The molecule has 1 saturated heterocycles. The standard InChI is InChI=1S/C10H18O3/c1-9(2)8-10(4-3-5-11)12-6-7-13-10/h5,9H,3-4,6-8H2,1-2H3. The van der Waals surface area contributed by atoms with E-state index in [1.807, 2.05) is 0 Å². The summed E-state index contributed by atoms with van der Waals surface area (Å²) >= 11 is 0. The first kappa shape index (κ1) is 10.7. The largest absolute Gasteiger partial charge is 0.348 e. The van der Waals surface area contributed by atoms with Crippen LogP contribution in [-0.4, -0.2) is 25.3 Å². The fourth-order valence-corrected chi connectivity index (χ4v) is 1.76. The molecule has 3 heteroatoms. The van der Waals surface area contributed by atoms with Gasteiger partial charge in [0.1, 0.15) is 6.29 Å². The smallest absolute Gasteiger partial charge is 0.169 e. The van der Waals surface area contributed by atoms with E-state index < -0.39 is 5.79 Å². The van der Waals surface area contributed by atoms with E-state index in [-0.39, 0.29) is 0 Å². The minimum absolute atomic E-state index is 0.463.